The predicted molar refractivity (Wildman–Crippen MR) is 71.6 cm³/mol. The van der Waals surface area contributed by atoms with E-state index in [1.54, 1.807) is 6.07 Å². The Hall–Kier alpha value is -2.70. The van der Waals surface area contributed by atoms with Crippen LogP contribution in [0, 0.1) is 10.1 Å². The molecule has 0 aliphatic heterocycles. The van der Waals surface area contributed by atoms with Gasteiger partial charge in [-0.2, -0.15) is 4.98 Å². The molecule has 2 N–H and O–H groups in total. The number of fused-ring (bicyclic) bond motifs is 1. The number of ether oxygens (including phenoxy) is 1. The topological polar surface area (TPSA) is 104 Å². The number of rotatable bonds is 3. The van der Waals surface area contributed by atoms with Gasteiger partial charge in [0.1, 0.15) is 12.1 Å². The predicted octanol–water partition coefficient (Wildman–Crippen LogP) is 2.25. The highest BCUT2D eigenvalue weighted by Gasteiger charge is 2.23. The number of anilines is 1. The molecule has 7 nitrogen and oxygen atoms in total. The number of nitrogens with zero attached hydrogens (tertiary/aromatic N) is 3. The number of benzene rings is 1. The highest BCUT2D eigenvalue weighted by Crippen LogP contribution is 2.34. The van der Waals surface area contributed by atoms with E-state index in [9.17, 15) is 10.1 Å². The monoisotopic (exact) mass is 272 g/mol. The Morgan fingerprint density at radius 3 is 2.85 bits per heavy atom. The van der Waals surface area contributed by atoms with Gasteiger partial charge >= 0.3 is 11.6 Å². The number of hydrogen-bond donors (Lipinski definition) is 1. The summed E-state index contributed by atoms with van der Waals surface area (Å²) in [7, 11) is 0. The van der Waals surface area contributed by atoms with Crippen molar-refractivity contribution in [2.24, 2.45) is 0 Å². The van der Waals surface area contributed by atoms with Gasteiger partial charge in [0.15, 0.2) is 0 Å². The van der Waals surface area contributed by atoms with Crippen LogP contribution in [0.2, 0.25) is 0 Å². The second-order valence-corrected chi connectivity index (χ2v) is 4.56. The van der Waals surface area contributed by atoms with Gasteiger partial charge in [0.2, 0.25) is 5.82 Å². The van der Waals surface area contributed by atoms with Crippen LogP contribution >= 0.6 is 0 Å². The van der Waals surface area contributed by atoms with Crippen LogP contribution in [0.5, 0.6) is 11.6 Å². The van der Waals surface area contributed by atoms with E-state index < -0.39 is 10.6 Å². The molecule has 1 aliphatic carbocycles. The second kappa shape index (κ2) is 4.76. The Kier molecular flexibility index (Phi) is 2.94. The van der Waals surface area contributed by atoms with Gasteiger partial charge < -0.3 is 10.5 Å². The number of nitro groups is 1. The molecule has 2 aromatic rings. The van der Waals surface area contributed by atoms with E-state index in [1.807, 2.05) is 12.1 Å². The smallest absolute Gasteiger partial charge is 0.372 e. The Morgan fingerprint density at radius 2 is 2.05 bits per heavy atom. The minimum atomic E-state index is -0.641. The van der Waals surface area contributed by atoms with Crippen molar-refractivity contribution in [1.29, 1.82) is 0 Å². The van der Waals surface area contributed by atoms with Gasteiger partial charge in [-0.15, -0.1) is 0 Å². The zero-order chi connectivity index (χ0) is 14.1. The van der Waals surface area contributed by atoms with E-state index in [0.29, 0.717) is 5.75 Å². The summed E-state index contributed by atoms with van der Waals surface area (Å²) in [4.78, 5) is 17.7. The fourth-order valence-electron chi connectivity index (χ4n) is 2.34. The quantitative estimate of drug-likeness (QED) is 0.678. The molecule has 0 unspecified atom stereocenters. The van der Waals surface area contributed by atoms with Crippen LogP contribution in [0.3, 0.4) is 0 Å². The summed E-state index contributed by atoms with van der Waals surface area (Å²) < 4.78 is 5.50. The first kappa shape index (κ1) is 12.3. The lowest BCUT2D eigenvalue weighted by molar-refractivity contribution is -0.385. The third-order valence-corrected chi connectivity index (χ3v) is 3.28. The Balaban J connectivity index is 1.95. The van der Waals surface area contributed by atoms with E-state index in [-0.39, 0.29) is 11.7 Å². The molecule has 0 bridgehead atoms. The van der Waals surface area contributed by atoms with Crippen LogP contribution in [0.15, 0.2) is 24.5 Å². The lowest BCUT2D eigenvalue weighted by atomic mass is 10.1. The fourth-order valence-corrected chi connectivity index (χ4v) is 2.34. The highest BCUT2D eigenvalue weighted by molar-refractivity contribution is 5.59. The van der Waals surface area contributed by atoms with Crippen molar-refractivity contribution in [2.75, 3.05) is 5.73 Å². The van der Waals surface area contributed by atoms with Crippen LogP contribution < -0.4 is 10.5 Å². The van der Waals surface area contributed by atoms with Gasteiger partial charge in [-0.1, -0.05) is 6.07 Å². The van der Waals surface area contributed by atoms with Crippen molar-refractivity contribution >= 4 is 11.5 Å². The average Bonchev–Trinajstić information content (AvgIpc) is 2.85. The summed E-state index contributed by atoms with van der Waals surface area (Å²) in [6, 6.07) is 5.66. The number of aromatic nitrogens is 2. The molecule has 0 fully saturated rings. The summed E-state index contributed by atoms with van der Waals surface area (Å²) in [5.74, 6) is 0.174. The molecule has 0 amide bonds. The van der Waals surface area contributed by atoms with Gasteiger partial charge in [0.25, 0.3) is 0 Å². The van der Waals surface area contributed by atoms with Gasteiger partial charge in [-0.3, -0.25) is 10.1 Å². The first-order chi connectivity index (χ1) is 9.65. The zero-order valence-corrected chi connectivity index (χ0v) is 10.6. The van der Waals surface area contributed by atoms with Crippen LogP contribution in [-0.4, -0.2) is 14.9 Å². The molecular formula is C13H12N4O3. The third kappa shape index (κ3) is 2.13. The summed E-state index contributed by atoms with van der Waals surface area (Å²) in [6.07, 6.45) is 4.33. The van der Waals surface area contributed by atoms with Gasteiger partial charge in [0, 0.05) is 0 Å². The van der Waals surface area contributed by atoms with E-state index >= 15 is 0 Å². The molecule has 0 saturated heterocycles. The Bertz CT molecular complexity index is 687. The maximum absolute atomic E-state index is 11.0. The van der Waals surface area contributed by atoms with Crippen molar-refractivity contribution in [3.8, 4) is 11.6 Å². The molecule has 0 radical (unpaired) electrons. The Labute approximate surface area is 114 Å². The lowest BCUT2D eigenvalue weighted by Gasteiger charge is -2.07. The molecule has 0 saturated carbocycles. The summed E-state index contributed by atoms with van der Waals surface area (Å²) in [5, 5.41) is 11.0. The highest BCUT2D eigenvalue weighted by atomic mass is 16.6. The first-order valence-electron chi connectivity index (χ1n) is 6.19. The van der Waals surface area contributed by atoms with E-state index in [0.717, 1.165) is 25.6 Å². The first-order valence-corrected chi connectivity index (χ1v) is 6.19. The van der Waals surface area contributed by atoms with Crippen molar-refractivity contribution in [1.82, 2.24) is 9.97 Å². The number of nitrogen functional groups attached to an aromatic ring is 1. The standard InChI is InChI=1S/C13H12N4O3/c14-12-11(17(18)19)13(16-7-15-12)20-10-5-4-8-2-1-3-9(8)6-10/h4-7H,1-3H2,(H2,14,15,16). The van der Waals surface area contributed by atoms with Crippen molar-refractivity contribution in [3.05, 3.63) is 45.8 Å². The molecule has 0 spiro atoms. The third-order valence-electron chi connectivity index (χ3n) is 3.28. The van der Waals surface area contributed by atoms with Crippen molar-refractivity contribution in [3.63, 3.8) is 0 Å². The molecule has 7 heteroatoms. The fraction of sp³-hybridized carbons (Fsp3) is 0.231. The summed E-state index contributed by atoms with van der Waals surface area (Å²) >= 11 is 0. The Morgan fingerprint density at radius 1 is 1.25 bits per heavy atom. The summed E-state index contributed by atoms with van der Waals surface area (Å²) in [5.41, 5.74) is 7.60. The van der Waals surface area contributed by atoms with Gasteiger partial charge in [-0.05, 0) is 42.5 Å². The van der Waals surface area contributed by atoms with Gasteiger partial charge in [0.05, 0.1) is 4.92 Å². The number of hydrogen-bond acceptors (Lipinski definition) is 6. The largest absolute Gasteiger partial charge is 0.434 e. The van der Waals surface area contributed by atoms with E-state index in [1.165, 1.54) is 11.1 Å². The lowest BCUT2D eigenvalue weighted by Crippen LogP contribution is -2.02. The maximum Gasteiger partial charge on any atom is 0.372 e. The van der Waals surface area contributed by atoms with Gasteiger partial charge in [-0.25, -0.2) is 4.98 Å². The minimum absolute atomic E-state index is 0.138. The molecule has 20 heavy (non-hydrogen) atoms. The van der Waals surface area contributed by atoms with Crippen LogP contribution in [0.1, 0.15) is 17.5 Å². The molecule has 102 valence electrons. The van der Waals surface area contributed by atoms with Crippen LogP contribution in [0.4, 0.5) is 11.5 Å². The minimum Gasteiger partial charge on any atom is -0.434 e. The number of aryl methyl sites for hydroxylation is 2. The van der Waals surface area contributed by atoms with Crippen LogP contribution in [0.25, 0.3) is 0 Å². The number of nitrogens with two attached hydrogens (primary N) is 1. The summed E-state index contributed by atoms with van der Waals surface area (Å²) in [6.45, 7) is 0. The average molecular weight is 272 g/mol. The molecule has 1 aliphatic rings. The molecule has 0 atom stereocenters. The molecule has 1 heterocycles. The van der Waals surface area contributed by atoms with E-state index in [4.69, 9.17) is 10.5 Å². The van der Waals surface area contributed by atoms with Crippen molar-refractivity contribution in [2.45, 2.75) is 19.3 Å². The second-order valence-electron chi connectivity index (χ2n) is 4.56. The van der Waals surface area contributed by atoms with Crippen molar-refractivity contribution < 1.29 is 9.66 Å². The maximum atomic E-state index is 11.0. The van der Waals surface area contributed by atoms with E-state index in [2.05, 4.69) is 9.97 Å². The molecule has 3 rings (SSSR count). The van der Waals surface area contributed by atoms with Crippen LogP contribution in [-0.2, 0) is 12.8 Å². The molecule has 1 aromatic carbocycles. The normalized spacial score (nSPS) is 13.0. The zero-order valence-electron chi connectivity index (χ0n) is 10.6. The molecular weight excluding hydrogens is 260 g/mol. The SMILES string of the molecule is Nc1ncnc(Oc2ccc3c(c2)CCC3)c1[N+](=O)[O-]. The molecule has 1 aromatic heterocycles.